The van der Waals surface area contributed by atoms with Crippen molar-refractivity contribution in [3.05, 3.63) is 0 Å². The molecule has 55 heavy (non-hydrogen) atoms. The lowest BCUT2D eigenvalue weighted by Gasteiger charge is -2.22. The van der Waals surface area contributed by atoms with E-state index in [1.807, 2.05) is 11.0 Å². The number of nitrogens with one attached hydrogen (secondary N) is 3. The van der Waals surface area contributed by atoms with Gasteiger partial charge in [0.25, 0.3) is 0 Å². The van der Waals surface area contributed by atoms with Crippen LogP contribution in [0.4, 0.5) is 0 Å². The second-order valence-electron chi connectivity index (χ2n) is 13.9. The average molecular weight is 785 g/mol. The van der Waals surface area contributed by atoms with Gasteiger partial charge in [-0.05, 0) is 70.6 Å². The van der Waals surface area contributed by atoms with Crippen molar-refractivity contribution in [1.82, 2.24) is 16.4 Å². The fourth-order valence-corrected chi connectivity index (χ4v) is 5.76. The summed E-state index contributed by atoms with van der Waals surface area (Å²) >= 11 is 0. The highest BCUT2D eigenvalue weighted by Gasteiger charge is 2.25. The van der Waals surface area contributed by atoms with Crippen LogP contribution in [0.2, 0.25) is 0 Å². The highest BCUT2D eigenvalue weighted by atomic mass is 16.5. The molecular weight excluding hydrogens is 716 g/mol. The largest absolute Gasteiger partial charge is 0.409 e. The van der Waals surface area contributed by atoms with Crippen LogP contribution >= 0.6 is 0 Å². The minimum Gasteiger partial charge on any atom is -0.409 e. The Hall–Kier alpha value is -4.63. The van der Waals surface area contributed by atoms with Crippen LogP contribution in [-0.4, -0.2) is 96.9 Å². The van der Waals surface area contributed by atoms with Crippen LogP contribution in [0.1, 0.15) is 128 Å². The van der Waals surface area contributed by atoms with E-state index in [0.29, 0.717) is 52.8 Å². The molecule has 4 saturated carbocycles. The van der Waals surface area contributed by atoms with E-state index in [0.717, 1.165) is 121 Å². The van der Waals surface area contributed by atoms with E-state index in [9.17, 15) is 0 Å². The molecule has 4 fully saturated rings. The van der Waals surface area contributed by atoms with E-state index < -0.39 is 0 Å². The Kier molecular flexibility index (Phi) is 27.0. The van der Waals surface area contributed by atoms with Crippen molar-refractivity contribution in [3.8, 4) is 0 Å². The maximum atomic E-state index is 8.35. The SMILES string of the molecule is N/C(=N\O)C1CC1.N/C(=N\O)C1CCC1.N/C(=N\O)C1CCCC1.N/C(=N\O)C1CCCCC1.ONC1=NCC1.ONC1=NCCC1.ONC1=NCCCC1. The van der Waals surface area contributed by atoms with Crippen LogP contribution in [0.5, 0.6) is 0 Å². The summed E-state index contributed by atoms with van der Waals surface area (Å²) in [5.41, 5.74) is 27.3. The van der Waals surface area contributed by atoms with Gasteiger partial charge in [0.05, 0.1) is 0 Å². The zero-order valence-electron chi connectivity index (χ0n) is 32.1. The Balaban J connectivity index is 0.000000322. The molecule has 18 N–H and O–H groups in total. The molecule has 21 heteroatoms. The third kappa shape index (κ3) is 22.4. The van der Waals surface area contributed by atoms with Crippen LogP contribution in [-0.2, 0) is 0 Å². The zero-order chi connectivity index (χ0) is 40.7. The molecule has 0 bridgehead atoms. The number of nitrogens with zero attached hydrogens (tertiary/aromatic N) is 7. The molecule has 0 radical (unpaired) electrons. The van der Waals surface area contributed by atoms with Crippen molar-refractivity contribution >= 4 is 40.8 Å². The number of hydrogen-bond donors (Lipinski definition) is 14. The lowest BCUT2D eigenvalue weighted by Crippen LogP contribution is -2.28. The van der Waals surface area contributed by atoms with E-state index in [-0.39, 0.29) is 0 Å². The molecule has 316 valence electrons. The smallest absolute Gasteiger partial charge is 0.142 e. The summed E-state index contributed by atoms with van der Waals surface area (Å²) in [4.78, 5) is 11.7. The molecule has 0 spiro atoms. The first-order chi connectivity index (χ1) is 26.7. The van der Waals surface area contributed by atoms with Crippen molar-refractivity contribution < 1.29 is 36.5 Å². The molecule has 0 aromatic carbocycles. The lowest BCUT2D eigenvalue weighted by molar-refractivity contribution is 0.228. The summed E-state index contributed by atoms with van der Waals surface area (Å²) < 4.78 is 0. The van der Waals surface area contributed by atoms with Crippen molar-refractivity contribution in [3.63, 3.8) is 0 Å². The number of nitrogens with two attached hydrogens (primary N) is 4. The summed E-state index contributed by atoms with van der Waals surface area (Å²) in [6.07, 6.45) is 22.2. The van der Waals surface area contributed by atoms with Gasteiger partial charge in [-0.3, -0.25) is 47.0 Å². The Morgan fingerprint density at radius 2 is 0.709 bits per heavy atom. The average Bonchev–Trinajstić information content (AvgIpc) is 3.63. The summed E-state index contributed by atoms with van der Waals surface area (Å²) in [6.45, 7) is 2.59. The highest BCUT2D eigenvalue weighted by molar-refractivity contribution is 5.85. The van der Waals surface area contributed by atoms with E-state index in [2.05, 4.69) is 41.1 Å². The van der Waals surface area contributed by atoms with E-state index in [4.69, 9.17) is 59.4 Å². The van der Waals surface area contributed by atoms with E-state index in [1.165, 1.54) is 38.5 Å². The minimum atomic E-state index is 0.346. The summed E-state index contributed by atoms with van der Waals surface area (Å²) in [5, 5.41) is 69.0. The number of amidine groups is 7. The number of oxime groups is 4. The van der Waals surface area contributed by atoms with Crippen LogP contribution in [0.3, 0.4) is 0 Å². The highest BCUT2D eigenvalue weighted by Crippen LogP contribution is 2.28. The molecule has 3 heterocycles. The molecule has 3 aliphatic heterocycles. The van der Waals surface area contributed by atoms with Gasteiger partial charge >= 0.3 is 0 Å². The molecule has 0 unspecified atom stereocenters. The van der Waals surface area contributed by atoms with Gasteiger partial charge in [0.2, 0.25) is 0 Å². The topological polar surface area (TPSA) is 368 Å². The standard InChI is InChI=1S/C7H14N2O.C6H12N2O.2C5H10N2O.2C4H8N2O.C3H6N2O/c8-7(9-10)6-4-2-1-3-5-6;7-6(8-9)5-3-1-2-4-5;8-7-5-3-1-2-4-6-5;6-5(7-8)4-2-1-3-4;7-6-4-2-1-3-5-4;5-4(6-7)3-1-2-3;6-5-3-1-2-4-3/h6,10H,1-5H2,(H2,8,9);5,9H,1-4H2,(H2,7,8);8H,1-4H2,(H,6,7);4,8H,1-3H2,(H2,6,7);7H,1-3H2,(H,5,6);3,7H,1-2H2,(H2,5,6);6H,1-2H2,(H,4,5). The third-order valence-corrected chi connectivity index (χ3v) is 9.82. The number of aliphatic imine (C=N–C) groups is 3. The summed E-state index contributed by atoms with van der Waals surface area (Å²) in [7, 11) is 0. The van der Waals surface area contributed by atoms with Crippen LogP contribution in [0.25, 0.3) is 0 Å². The summed E-state index contributed by atoms with van der Waals surface area (Å²) in [5.74, 6) is 5.24. The van der Waals surface area contributed by atoms with Gasteiger partial charge in [-0.15, -0.1) is 0 Å². The monoisotopic (exact) mass is 785 g/mol. The van der Waals surface area contributed by atoms with Gasteiger partial charge in [-0.1, -0.05) is 59.1 Å². The van der Waals surface area contributed by atoms with E-state index >= 15 is 0 Å². The van der Waals surface area contributed by atoms with Gasteiger partial charge in [0.15, 0.2) is 0 Å². The van der Waals surface area contributed by atoms with E-state index in [1.54, 1.807) is 0 Å². The maximum Gasteiger partial charge on any atom is 0.142 e. The Bertz CT molecular complexity index is 1240. The fourth-order valence-electron chi connectivity index (χ4n) is 5.76. The van der Waals surface area contributed by atoms with Crippen LogP contribution in [0, 0.1) is 23.7 Å². The van der Waals surface area contributed by atoms with Gasteiger partial charge in [-0.2, -0.15) is 0 Å². The molecule has 0 amide bonds. The maximum absolute atomic E-state index is 8.35. The van der Waals surface area contributed by atoms with Crippen LogP contribution in [0.15, 0.2) is 35.6 Å². The van der Waals surface area contributed by atoms with Crippen LogP contribution < -0.4 is 39.4 Å². The Morgan fingerprint density at radius 3 is 0.927 bits per heavy atom. The van der Waals surface area contributed by atoms with Crippen molar-refractivity contribution in [2.24, 2.45) is 82.2 Å². The van der Waals surface area contributed by atoms with Gasteiger partial charge < -0.3 is 43.8 Å². The molecule has 7 rings (SSSR count). The molecule has 4 aliphatic carbocycles. The van der Waals surface area contributed by atoms with Crippen molar-refractivity contribution in [1.29, 1.82) is 0 Å². The van der Waals surface area contributed by atoms with Crippen molar-refractivity contribution in [2.75, 3.05) is 19.6 Å². The van der Waals surface area contributed by atoms with Gasteiger partial charge in [0.1, 0.15) is 40.8 Å². The first kappa shape index (κ1) is 48.4. The first-order valence-corrected chi connectivity index (χ1v) is 19.4. The molecule has 7 aliphatic rings. The minimum absolute atomic E-state index is 0.346. The quantitative estimate of drug-likeness (QED) is 0.0841. The Labute approximate surface area is 323 Å². The molecule has 0 aromatic rings. The molecule has 21 nitrogen and oxygen atoms in total. The Morgan fingerprint density at radius 1 is 0.400 bits per heavy atom. The molecule has 0 atom stereocenters. The second-order valence-corrected chi connectivity index (χ2v) is 13.9. The molecular formula is C34H68N14O7. The predicted octanol–water partition coefficient (Wildman–Crippen LogP) is 3.38. The molecule has 0 saturated heterocycles. The number of hydroxylamine groups is 3. The second kappa shape index (κ2) is 30.7. The predicted molar refractivity (Wildman–Crippen MR) is 212 cm³/mol. The lowest BCUT2D eigenvalue weighted by atomic mass is 9.85. The normalized spacial score (nSPS) is 21.5. The zero-order valence-corrected chi connectivity index (χ0v) is 32.1. The number of rotatable bonds is 4. The third-order valence-electron chi connectivity index (χ3n) is 9.82. The number of hydrogen-bond acceptors (Lipinski definition) is 17. The first-order valence-electron chi connectivity index (χ1n) is 19.4. The van der Waals surface area contributed by atoms with Gasteiger partial charge in [0, 0.05) is 62.6 Å². The molecule has 0 aromatic heterocycles. The van der Waals surface area contributed by atoms with Crippen molar-refractivity contribution in [2.45, 2.75) is 128 Å². The fraction of sp³-hybridized carbons (Fsp3) is 0.794. The van der Waals surface area contributed by atoms with Gasteiger partial charge in [-0.25, -0.2) is 0 Å². The summed E-state index contributed by atoms with van der Waals surface area (Å²) in [6, 6.07) is 0.